The number of rotatable bonds is 2. The molecule has 1 aromatic heterocycles. The van der Waals surface area contributed by atoms with Gasteiger partial charge in [0.1, 0.15) is 11.5 Å². The molecule has 0 unspecified atom stereocenters. The van der Waals surface area contributed by atoms with Crippen LogP contribution in [0.1, 0.15) is 32.1 Å². The van der Waals surface area contributed by atoms with E-state index in [0.29, 0.717) is 23.4 Å². The average Bonchev–Trinajstić information content (AvgIpc) is 2.29. The van der Waals surface area contributed by atoms with Crippen LogP contribution in [0.2, 0.25) is 0 Å². The molecule has 1 aliphatic carbocycles. The third-order valence-corrected chi connectivity index (χ3v) is 2.83. The lowest BCUT2D eigenvalue weighted by Gasteiger charge is -2.15. The summed E-state index contributed by atoms with van der Waals surface area (Å²) in [4.78, 5) is 3.94. The van der Waals surface area contributed by atoms with Crippen LogP contribution >= 0.6 is 0 Å². The molecule has 1 aliphatic rings. The van der Waals surface area contributed by atoms with E-state index >= 15 is 0 Å². The van der Waals surface area contributed by atoms with Crippen LogP contribution < -0.4 is 11.5 Å². The molecule has 0 aliphatic heterocycles. The second-order valence-electron chi connectivity index (χ2n) is 4.15. The molecule has 1 heterocycles. The molecule has 1 aromatic rings. The second-order valence-corrected chi connectivity index (χ2v) is 4.15. The van der Waals surface area contributed by atoms with Crippen molar-refractivity contribution >= 4 is 17.3 Å². The highest BCUT2D eigenvalue weighted by molar-refractivity contribution is 5.59. The molecule has 0 saturated heterocycles. The van der Waals surface area contributed by atoms with E-state index in [0.717, 1.165) is 12.8 Å². The highest BCUT2D eigenvalue weighted by Crippen LogP contribution is 2.25. The monoisotopic (exact) mass is 219 g/mol. The van der Waals surface area contributed by atoms with E-state index in [4.69, 9.17) is 11.5 Å². The van der Waals surface area contributed by atoms with Crippen molar-refractivity contribution in [2.45, 2.75) is 38.1 Å². The first-order valence-electron chi connectivity index (χ1n) is 5.68. The summed E-state index contributed by atoms with van der Waals surface area (Å²) in [5, 5.41) is 8.46. The predicted molar refractivity (Wildman–Crippen MR) is 64.5 cm³/mol. The first-order valence-corrected chi connectivity index (χ1v) is 5.68. The minimum Gasteiger partial charge on any atom is -0.384 e. The number of nitrogens with zero attached hydrogens (tertiary/aromatic N) is 3. The maximum atomic E-state index is 5.69. The Hall–Kier alpha value is -1.65. The van der Waals surface area contributed by atoms with Gasteiger partial charge in [-0.25, -0.2) is 4.98 Å². The maximum Gasteiger partial charge on any atom is 0.153 e. The van der Waals surface area contributed by atoms with Gasteiger partial charge in [-0.2, -0.15) is 10.2 Å². The molecule has 0 spiro atoms. The van der Waals surface area contributed by atoms with Gasteiger partial charge in [-0.15, -0.1) is 0 Å². The molecular formula is C11H17N5. The fourth-order valence-electron chi connectivity index (χ4n) is 1.91. The number of azo groups is 1. The quantitative estimate of drug-likeness (QED) is 0.749. The Balaban J connectivity index is 2.04. The minimum absolute atomic E-state index is 0.347. The summed E-state index contributed by atoms with van der Waals surface area (Å²) in [6.45, 7) is 0. The molecule has 0 radical (unpaired) electrons. The minimum atomic E-state index is 0.347. The van der Waals surface area contributed by atoms with Crippen LogP contribution in [-0.2, 0) is 0 Å². The first-order chi connectivity index (χ1) is 7.75. The molecule has 0 bridgehead atoms. The third kappa shape index (κ3) is 2.68. The Morgan fingerprint density at radius 1 is 1.12 bits per heavy atom. The predicted octanol–water partition coefficient (Wildman–Crippen LogP) is 2.66. The van der Waals surface area contributed by atoms with Gasteiger partial charge >= 0.3 is 0 Å². The van der Waals surface area contributed by atoms with Crippen LogP contribution in [-0.4, -0.2) is 11.0 Å². The van der Waals surface area contributed by atoms with Crippen molar-refractivity contribution in [2.75, 3.05) is 11.5 Å². The SMILES string of the molecule is Nc1ccc(N=NC2CCCCC2)c(N)n1. The summed E-state index contributed by atoms with van der Waals surface area (Å²) in [5.74, 6) is 0.758. The summed E-state index contributed by atoms with van der Waals surface area (Å²) in [7, 11) is 0. The molecular weight excluding hydrogens is 202 g/mol. The zero-order valence-electron chi connectivity index (χ0n) is 9.26. The molecule has 86 valence electrons. The Bertz CT molecular complexity index is 382. The van der Waals surface area contributed by atoms with Crippen LogP contribution in [0.3, 0.4) is 0 Å². The Morgan fingerprint density at radius 3 is 2.56 bits per heavy atom. The molecule has 1 saturated carbocycles. The first kappa shape index (κ1) is 10.9. The van der Waals surface area contributed by atoms with Crippen molar-refractivity contribution in [3.63, 3.8) is 0 Å². The van der Waals surface area contributed by atoms with Gasteiger partial charge in [-0.3, -0.25) is 0 Å². The number of aromatic nitrogens is 1. The maximum absolute atomic E-state index is 5.69. The second kappa shape index (κ2) is 4.92. The van der Waals surface area contributed by atoms with Gasteiger partial charge in [0, 0.05) is 0 Å². The molecule has 4 N–H and O–H groups in total. The summed E-state index contributed by atoms with van der Waals surface area (Å²) >= 11 is 0. The molecule has 5 nitrogen and oxygen atoms in total. The fourth-order valence-corrected chi connectivity index (χ4v) is 1.91. The Labute approximate surface area is 95.0 Å². The van der Waals surface area contributed by atoms with Crippen molar-refractivity contribution in [1.82, 2.24) is 4.98 Å². The van der Waals surface area contributed by atoms with E-state index in [-0.39, 0.29) is 0 Å². The molecule has 0 amide bonds. The number of hydrogen-bond donors (Lipinski definition) is 2. The van der Waals surface area contributed by atoms with E-state index in [9.17, 15) is 0 Å². The number of anilines is 2. The summed E-state index contributed by atoms with van der Waals surface area (Å²) in [6, 6.07) is 3.79. The van der Waals surface area contributed by atoms with Gasteiger partial charge in [-0.05, 0) is 25.0 Å². The zero-order valence-corrected chi connectivity index (χ0v) is 9.26. The normalized spacial score (nSPS) is 18.0. The Kier molecular flexibility index (Phi) is 3.34. The standard InChI is InChI=1S/C11H17N5/c12-10-7-6-9(11(13)14-10)16-15-8-4-2-1-3-5-8/h6-8H,1-5H2,(H4,12,13,14). The summed E-state index contributed by atoms with van der Waals surface area (Å²) in [5.41, 5.74) is 11.8. The van der Waals surface area contributed by atoms with Crippen LogP contribution in [0.4, 0.5) is 17.3 Å². The molecule has 5 heteroatoms. The lowest BCUT2D eigenvalue weighted by molar-refractivity contribution is 0.432. The summed E-state index contributed by atoms with van der Waals surface area (Å²) < 4.78 is 0. The van der Waals surface area contributed by atoms with Gasteiger partial charge in [0.2, 0.25) is 0 Å². The molecule has 2 rings (SSSR count). The average molecular weight is 219 g/mol. The van der Waals surface area contributed by atoms with Crippen molar-refractivity contribution in [1.29, 1.82) is 0 Å². The third-order valence-electron chi connectivity index (χ3n) is 2.83. The number of pyridine rings is 1. The number of hydrogen-bond acceptors (Lipinski definition) is 5. The van der Waals surface area contributed by atoms with Crippen LogP contribution in [0.25, 0.3) is 0 Å². The van der Waals surface area contributed by atoms with E-state index in [1.165, 1.54) is 19.3 Å². The Morgan fingerprint density at radius 2 is 1.88 bits per heavy atom. The van der Waals surface area contributed by atoms with Crippen molar-refractivity contribution in [3.05, 3.63) is 12.1 Å². The van der Waals surface area contributed by atoms with E-state index in [1.54, 1.807) is 12.1 Å². The lowest BCUT2D eigenvalue weighted by atomic mass is 9.96. The topological polar surface area (TPSA) is 89.6 Å². The molecule has 16 heavy (non-hydrogen) atoms. The fraction of sp³-hybridized carbons (Fsp3) is 0.545. The van der Waals surface area contributed by atoms with E-state index in [1.807, 2.05) is 0 Å². The lowest BCUT2D eigenvalue weighted by Crippen LogP contribution is -2.08. The van der Waals surface area contributed by atoms with Gasteiger partial charge in [0.05, 0.1) is 6.04 Å². The largest absolute Gasteiger partial charge is 0.384 e. The van der Waals surface area contributed by atoms with Crippen LogP contribution in [0.5, 0.6) is 0 Å². The van der Waals surface area contributed by atoms with Gasteiger partial charge in [-0.1, -0.05) is 19.3 Å². The van der Waals surface area contributed by atoms with Gasteiger partial charge in [0.25, 0.3) is 0 Å². The zero-order chi connectivity index (χ0) is 11.4. The summed E-state index contributed by atoms with van der Waals surface area (Å²) in [6.07, 6.45) is 6.08. The highest BCUT2D eigenvalue weighted by atomic mass is 15.1. The smallest absolute Gasteiger partial charge is 0.153 e. The highest BCUT2D eigenvalue weighted by Gasteiger charge is 2.12. The van der Waals surface area contributed by atoms with Crippen LogP contribution in [0, 0.1) is 0 Å². The molecule has 0 atom stereocenters. The van der Waals surface area contributed by atoms with E-state index in [2.05, 4.69) is 15.2 Å². The van der Waals surface area contributed by atoms with Crippen LogP contribution in [0.15, 0.2) is 22.4 Å². The number of nitrogens with two attached hydrogens (primary N) is 2. The van der Waals surface area contributed by atoms with E-state index < -0.39 is 0 Å². The van der Waals surface area contributed by atoms with Gasteiger partial charge in [0.15, 0.2) is 5.82 Å². The molecule has 1 fully saturated rings. The van der Waals surface area contributed by atoms with Crippen molar-refractivity contribution in [3.8, 4) is 0 Å². The number of nitrogen functional groups attached to an aromatic ring is 2. The molecule has 0 aromatic carbocycles. The van der Waals surface area contributed by atoms with Crippen molar-refractivity contribution < 1.29 is 0 Å². The van der Waals surface area contributed by atoms with Gasteiger partial charge < -0.3 is 11.5 Å². The van der Waals surface area contributed by atoms with Crippen molar-refractivity contribution in [2.24, 2.45) is 10.2 Å².